The molecule has 2 aromatic carbocycles. The lowest BCUT2D eigenvalue weighted by atomic mass is 9.53. The normalized spacial score (nSPS) is 33.8. The molecular formula is C32H38O9. The van der Waals surface area contributed by atoms with Gasteiger partial charge in [0.15, 0.2) is 23.0 Å². The Balaban J connectivity index is 1.44. The van der Waals surface area contributed by atoms with Gasteiger partial charge in [-0.15, -0.1) is 0 Å². The van der Waals surface area contributed by atoms with Gasteiger partial charge in [-0.2, -0.15) is 0 Å². The summed E-state index contributed by atoms with van der Waals surface area (Å²) in [4.78, 5) is 13.6. The van der Waals surface area contributed by atoms with Gasteiger partial charge in [0.1, 0.15) is 5.60 Å². The summed E-state index contributed by atoms with van der Waals surface area (Å²) in [6.45, 7) is 0.0870. The van der Waals surface area contributed by atoms with E-state index in [9.17, 15) is 15.0 Å². The highest BCUT2D eigenvalue weighted by Gasteiger charge is 2.64. The summed E-state index contributed by atoms with van der Waals surface area (Å²) >= 11 is 0. The first kappa shape index (κ1) is 26.7. The van der Waals surface area contributed by atoms with E-state index in [0.29, 0.717) is 51.7 Å². The summed E-state index contributed by atoms with van der Waals surface area (Å²) in [5, 5.41) is 25.3. The van der Waals surface area contributed by atoms with Crippen molar-refractivity contribution in [2.45, 2.75) is 56.1 Å². The maximum absolute atomic E-state index is 13.6. The van der Waals surface area contributed by atoms with E-state index in [1.165, 1.54) is 0 Å². The molecule has 0 radical (unpaired) electrons. The number of hydrogen-bond donors (Lipinski definition) is 2. The molecule has 2 bridgehead atoms. The molecule has 7 rings (SSSR count). The first-order valence-corrected chi connectivity index (χ1v) is 14.7. The third kappa shape index (κ3) is 3.84. The summed E-state index contributed by atoms with van der Waals surface area (Å²) in [5.41, 5.74) is 0.307. The first-order valence-electron chi connectivity index (χ1n) is 14.7. The highest BCUT2D eigenvalue weighted by atomic mass is 16.7. The quantitative estimate of drug-likeness (QED) is 0.498. The van der Waals surface area contributed by atoms with Crippen molar-refractivity contribution >= 4 is 5.97 Å². The van der Waals surface area contributed by atoms with Crippen LogP contribution in [0.25, 0.3) is 0 Å². The van der Waals surface area contributed by atoms with Gasteiger partial charge in [0.25, 0.3) is 0 Å². The maximum Gasteiger partial charge on any atom is 0.310 e. The van der Waals surface area contributed by atoms with E-state index in [4.69, 9.17) is 28.4 Å². The highest BCUT2D eigenvalue weighted by molar-refractivity contribution is 5.79. The van der Waals surface area contributed by atoms with Crippen molar-refractivity contribution in [1.82, 2.24) is 0 Å². The first-order chi connectivity index (χ1) is 19.9. The minimum Gasteiger partial charge on any atom is -0.493 e. The molecule has 220 valence electrons. The number of carbonyl (C=O) groups excluding carboxylic acids is 1. The second-order valence-electron chi connectivity index (χ2n) is 12.2. The number of carbonyl (C=O) groups is 1. The molecule has 1 unspecified atom stereocenters. The van der Waals surface area contributed by atoms with Gasteiger partial charge in [0.05, 0.1) is 40.0 Å². The number of benzene rings is 2. The van der Waals surface area contributed by atoms with Crippen LogP contribution in [0.15, 0.2) is 24.3 Å². The Morgan fingerprint density at radius 1 is 0.878 bits per heavy atom. The molecule has 9 heteroatoms. The Hall–Kier alpha value is -3.17. The summed E-state index contributed by atoms with van der Waals surface area (Å²) < 4.78 is 34.1. The predicted octanol–water partition coefficient (Wildman–Crippen LogP) is 4.14. The summed E-state index contributed by atoms with van der Waals surface area (Å²) in [5.74, 6) is 0.758. The average Bonchev–Trinajstić information content (AvgIpc) is 3.61. The molecule has 5 aliphatic rings. The Morgan fingerprint density at radius 3 is 2.07 bits per heavy atom. The molecular weight excluding hydrogens is 528 g/mol. The fourth-order valence-corrected chi connectivity index (χ4v) is 8.84. The lowest BCUT2D eigenvalue weighted by Crippen LogP contribution is -2.58. The number of esters is 1. The van der Waals surface area contributed by atoms with Crippen molar-refractivity contribution < 1.29 is 43.4 Å². The van der Waals surface area contributed by atoms with Crippen LogP contribution in [0.4, 0.5) is 0 Å². The zero-order valence-electron chi connectivity index (χ0n) is 23.8. The smallest absolute Gasteiger partial charge is 0.310 e. The zero-order valence-corrected chi connectivity index (χ0v) is 23.8. The Labute approximate surface area is 239 Å². The fourth-order valence-electron chi connectivity index (χ4n) is 8.84. The van der Waals surface area contributed by atoms with Crippen molar-refractivity contribution in [3.8, 4) is 28.7 Å². The summed E-state index contributed by atoms with van der Waals surface area (Å²) in [7, 11) is 4.65. The van der Waals surface area contributed by atoms with Gasteiger partial charge in [-0.1, -0.05) is 38.5 Å². The Bertz CT molecular complexity index is 1310. The number of aliphatic hydroxyl groups is 2. The van der Waals surface area contributed by atoms with Gasteiger partial charge in [-0.3, -0.25) is 4.79 Å². The third-order valence-electron chi connectivity index (χ3n) is 10.6. The van der Waals surface area contributed by atoms with Crippen LogP contribution >= 0.6 is 0 Å². The van der Waals surface area contributed by atoms with Crippen LogP contribution in [0, 0.1) is 29.6 Å². The SMILES string of the molecule is COc1cc([C@@H]2c3cc4c(cc3[C@](O)(C(O)C3C5CCCC3CCC5)[C@H]3COC(=O)[C@H]23)OCO4)cc(OC)c1OC. The molecule has 0 spiro atoms. The largest absolute Gasteiger partial charge is 0.493 e. The molecule has 2 heterocycles. The third-order valence-corrected chi connectivity index (χ3v) is 10.6. The zero-order chi connectivity index (χ0) is 28.5. The molecule has 2 saturated carbocycles. The maximum atomic E-state index is 13.6. The molecule has 0 aromatic heterocycles. The molecule has 9 nitrogen and oxygen atoms in total. The number of methoxy groups -OCH3 is 3. The monoisotopic (exact) mass is 566 g/mol. The number of rotatable bonds is 6. The van der Waals surface area contributed by atoms with Gasteiger partial charge >= 0.3 is 5.97 Å². The van der Waals surface area contributed by atoms with Crippen LogP contribution in [-0.2, 0) is 15.1 Å². The highest BCUT2D eigenvalue weighted by Crippen LogP contribution is 2.61. The minimum absolute atomic E-state index is 0.0217. The van der Waals surface area contributed by atoms with Crippen molar-refractivity contribution in [2.24, 2.45) is 29.6 Å². The fraction of sp³-hybridized carbons (Fsp3) is 0.594. The molecule has 2 aromatic rings. The van der Waals surface area contributed by atoms with Crippen molar-refractivity contribution in [3.05, 3.63) is 41.0 Å². The molecule has 2 aliphatic heterocycles. The predicted molar refractivity (Wildman–Crippen MR) is 147 cm³/mol. The summed E-state index contributed by atoms with van der Waals surface area (Å²) in [6.07, 6.45) is 5.48. The molecule has 41 heavy (non-hydrogen) atoms. The lowest BCUT2D eigenvalue weighted by Gasteiger charge is -2.53. The molecule has 3 fully saturated rings. The van der Waals surface area contributed by atoms with Crippen LogP contribution in [0.1, 0.15) is 61.1 Å². The standard InChI is InChI=1S/C32H38O9/c1-36-24-10-18(11-25(37-2)29(24)38-3)27-19-12-22-23(41-15-40-22)13-20(19)32(35,21-14-39-31(34)28(21)27)30(33)26-16-6-4-7-17(26)9-5-8-16/h10-13,16-17,21,26-28,30,33,35H,4-9,14-15H2,1-3H3/t16?,17?,21-,26?,27+,28-,30?,32+/m0/s1. The van der Waals surface area contributed by atoms with Gasteiger partial charge in [-0.25, -0.2) is 0 Å². The van der Waals surface area contributed by atoms with Crippen LogP contribution in [0.5, 0.6) is 28.7 Å². The second-order valence-corrected chi connectivity index (χ2v) is 12.2. The van der Waals surface area contributed by atoms with E-state index >= 15 is 0 Å². The van der Waals surface area contributed by atoms with E-state index < -0.39 is 35.4 Å². The van der Waals surface area contributed by atoms with Crippen LogP contribution in [0.2, 0.25) is 0 Å². The van der Waals surface area contributed by atoms with Gasteiger partial charge in [0.2, 0.25) is 12.5 Å². The van der Waals surface area contributed by atoms with E-state index in [2.05, 4.69) is 0 Å². The summed E-state index contributed by atoms with van der Waals surface area (Å²) in [6, 6.07) is 7.35. The van der Waals surface area contributed by atoms with Crippen LogP contribution < -0.4 is 23.7 Å². The van der Waals surface area contributed by atoms with E-state index in [-0.39, 0.29) is 19.3 Å². The van der Waals surface area contributed by atoms with Crippen LogP contribution in [0.3, 0.4) is 0 Å². The number of ether oxygens (including phenoxy) is 6. The second kappa shape index (κ2) is 9.98. The van der Waals surface area contributed by atoms with Crippen molar-refractivity contribution in [3.63, 3.8) is 0 Å². The van der Waals surface area contributed by atoms with Gasteiger partial charge in [-0.05, 0) is 58.7 Å². The molecule has 2 N–H and O–H groups in total. The van der Waals surface area contributed by atoms with Gasteiger partial charge in [0, 0.05) is 11.8 Å². The van der Waals surface area contributed by atoms with Crippen molar-refractivity contribution in [1.29, 1.82) is 0 Å². The van der Waals surface area contributed by atoms with Crippen molar-refractivity contribution in [2.75, 3.05) is 34.7 Å². The van der Waals surface area contributed by atoms with Gasteiger partial charge < -0.3 is 38.6 Å². The van der Waals surface area contributed by atoms with E-state index in [1.54, 1.807) is 21.3 Å². The number of hydrogen-bond acceptors (Lipinski definition) is 9. The molecule has 1 saturated heterocycles. The lowest BCUT2D eigenvalue weighted by molar-refractivity contribution is -0.183. The molecule has 0 amide bonds. The number of fused-ring (bicyclic) bond motifs is 5. The minimum atomic E-state index is -1.71. The number of aliphatic hydroxyl groups excluding tert-OH is 1. The topological polar surface area (TPSA) is 113 Å². The number of cyclic esters (lactones) is 1. The average molecular weight is 567 g/mol. The molecule has 5 atom stereocenters. The van der Waals surface area contributed by atoms with E-state index in [1.807, 2.05) is 24.3 Å². The molecule has 3 aliphatic carbocycles. The Kier molecular flexibility index (Phi) is 6.50. The van der Waals surface area contributed by atoms with Crippen LogP contribution in [-0.4, -0.2) is 57.0 Å². The Morgan fingerprint density at radius 2 is 1.49 bits per heavy atom. The van der Waals surface area contributed by atoms with E-state index in [0.717, 1.165) is 44.1 Å².